The number of amides is 1. The molecule has 112 valence electrons. The van der Waals surface area contributed by atoms with Crippen LogP contribution in [0.1, 0.15) is 5.69 Å². The highest BCUT2D eigenvalue weighted by Gasteiger charge is 2.11. The molecule has 0 aliphatic carbocycles. The summed E-state index contributed by atoms with van der Waals surface area (Å²) in [6.07, 6.45) is 3.82. The number of anilines is 1. The molecule has 2 aromatic heterocycles. The Balaban J connectivity index is 1.76. The van der Waals surface area contributed by atoms with Crippen molar-refractivity contribution in [2.45, 2.75) is 6.42 Å². The van der Waals surface area contributed by atoms with Gasteiger partial charge in [0.25, 0.3) is 0 Å². The molecule has 2 heterocycles. The molecule has 0 atom stereocenters. The molecule has 7 heteroatoms. The second-order valence-electron chi connectivity index (χ2n) is 4.67. The van der Waals surface area contributed by atoms with Crippen LogP contribution in [0.3, 0.4) is 0 Å². The molecule has 0 aliphatic rings. The molecular formula is C15H10Cl3N3O. The lowest BCUT2D eigenvalue weighted by atomic mass is 10.2. The molecule has 3 rings (SSSR count). The van der Waals surface area contributed by atoms with Gasteiger partial charge in [-0.25, -0.2) is 4.98 Å². The van der Waals surface area contributed by atoms with E-state index in [1.165, 1.54) is 12.1 Å². The number of fused-ring (bicyclic) bond motifs is 1. The maximum absolute atomic E-state index is 12.1. The van der Waals surface area contributed by atoms with Crippen LogP contribution in [0.4, 0.5) is 5.69 Å². The van der Waals surface area contributed by atoms with Crippen molar-refractivity contribution < 1.29 is 4.79 Å². The lowest BCUT2D eigenvalue weighted by Crippen LogP contribution is -2.15. The minimum atomic E-state index is -0.233. The molecule has 0 unspecified atom stereocenters. The number of carbonyl (C=O) groups is 1. The zero-order valence-electron chi connectivity index (χ0n) is 11.2. The number of nitrogens with zero attached hydrogens (tertiary/aromatic N) is 2. The van der Waals surface area contributed by atoms with E-state index < -0.39 is 0 Å². The van der Waals surface area contributed by atoms with Crippen molar-refractivity contribution in [3.05, 3.63) is 63.5 Å². The van der Waals surface area contributed by atoms with Crippen molar-refractivity contribution in [3.63, 3.8) is 0 Å². The van der Waals surface area contributed by atoms with Crippen molar-refractivity contribution in [2.75, 3.05) is 5.32 Å². The number of nitrogens with one attached hydrogen (secondary N) is 1. The van der Waals surface area contributed by atoms with E-state index in [4.69, 9.17) is 34.8 Å². The first-order chi connectivity index (χ1) is 10.5. The molecule has 0 aliphatic heterocycles. The molecular weight excluding hydrogens is 345 g/mol. The molecule has 0 fully saturated rings. The van der Waals surface area contributed by atoms with Crippen LogP contribution in [-0.2, 0) is 11.2 Å². The zero-order chi connectivity index (χ0) is 15.7. The summed E-state index contributed by atoms with van der Waals surface area (Å²) in [7, 11) is 0. The number of hydrogen-bond donors (Lipinski definition) is 1. The molecule has 4 nitrogen and oxygen atoms in total. The molecule has 22 heavy (non-hydrogen) atoms. The largest absolute Gasteiger partial charge is 0.324 e. The van der Waals surface area contributed by atoms with Crippen molar-refractivity contribution in [3.8, 4) is 0 Å². The number of benzene rings is 1. The summed E-state index contributed by atoms with van der Waals surface area (Å²) in [5.74, 6) is -0.233. The van der Waals surface area contributed by atoms with Crippen molar-refractivity contribution in [1.82, 2.24) is 9.38 Å². The van der Waals surface area contributed by atoms with Crippen LogP contribution in [0.2, 0.25) is 15.1 Å². The highest BCUT2D eigenvalue weighted by molar-refractivity contribution is 6.44. The monoisotopic (exact) mass is 353 g/mol. The van der Waals surface area contributed by atoms with Crippen molar-refractivity contribution in [2.24, 2.45) is 0 Å². The maximum atomic E-state index is 12.1. The van der Waals surface area contributed by atoms with Gasteiger partial charge in [0.2, 0.25) is 5.91 Å². The third-order valence-electron chi connectivity index (χ3n) is 3.04. The zero-order valence-corrected chi connectivity index (χ0v) is 13.5. The number of pyridine rings is 1. The van der Waals surface area contributed by atoms with Gasteiger partial charge in [-0.3, -0.25) is 4.79 Å². The number of halogens is 3. The van der Waals surface area contributed by atoms with E-state index >= 15 is 0 Å². The molecule has 0 bridgehead atoms. The van der Waals surface area contributed by atoms with Crippen LogP contribution in [0, 0.1) is 0 Å². The van der Waals surface area contributed by atoms with E-state index in [1.807, 2.05) is 35.0 Å². The third-order valence-corrected chi connectivity index (χ3v) is 4.07. The molecule has 0 spiro atoms. The third kappa shape index (κ3) is 3.19. The Hall–Kier alpha value is -1.75. The second-order valence-corrected chi connectivity index (χ2v) is 5.89. The summed E-state index contributed by atoms with van der Waals surface area (Å²) in [5, 5.41) is 3.70. The Labute approximate surface area is 141 Å². The lowest BCUT2D eigenvalue weighted by molar-refractivity contribution is -0.115. The minimum absolute atomic E-state index is 0.137. The summed E-state index contributed by atoms with van der Waals surface area (Å²) in [6.45, 7) is 0. The lowest BCUT2D eigenvalue weighted by Gasteiger charge is -2.08. The Bertz CT molecular complexity index is 827. The molecule has 0 radical (unpaired) electrons. The standard InChI is InChI=1S/C15H10Cl3N3O/c16-10-6-12(18)13(7-11(10)17)20-15(22)5-9-8-21-4-2-1-3-14(21)19-9/h1-4,6-8H,5H2,(H,20,22). The van der Waals surface area contributed by atoms with E-state index in [0.717, 1.165) is 5.65 Å². The average molecular weight is 355 g/mol. The first kappa shape index (κ1) is 15.2. The SMILES string of the molecule is O=C(Cc1cn2ccccc2n1)Nc1cc(Cl)c(Cl)cc1Cl. The number of aromatic nitrogens is 2. The summed E-state index contributed by atoms with van der Waals surface area (Å²) in [4.78, 5) is 16.5. The smallest absolute Gasteiger partial charge is 0.230 e. The van der Waals surface area contributed by atoms with Crippen LogP contribution >= 0.6 is 34.8 Å². The summed E-state index contributed by atoms with van der Waals surface area (Å²) < 4.78 is 1.86. The number of carbonyl (C=O) groups excluding carboxylic acids is 1. The van der Waals surface area contributed by atoms with Gasteiger partial charge in [0.15, 0.2) is 0 Å². The Kier molecular flexibility index (Phi) is 4.25. The topological polar surface area (TPSA) is 46.4 Å². The highest BCUT2D eigenvalue weighted by Crippen LogP contribution is 2.32. The molecule has 3 aromatic rings. The molecule has 0 saturated heterocycles. The fraction of sp³-hybridized carbons (Fsp3) is 0.0667. The van der Waals surface area contributed by atoms with Gasteiger partial charge in [-0.2, -0.15) is 0 Å². The molecule has 0 saturated carbocycles. The van der Waals surface area contributed by atoms with E-state index in [1.54, 1.807) is 0 Å². The Morgan fingerprint density at radius 3 is 2.68 bits per heavy atom. The Morgan fingerprint density at radius 1 is 1.14 bits per heavy atom. The minimum Gasteiger partial charge on any atom is -0.324 e. The van der Waals surface area contributed by atoms with Gasteiger partial charge in [-0.05, 0) is 24.3 Å². The van der Waals surface area contributed by atoms with Gasteiger partial charge < -0.3 is 9.72 Å². The predicted molar refractivity (Wildman–Crippen MR) is 89.0 cm³/mol. The molecule has 1 aromatic carbocycles. The van der Waals surface area contributed by atoms with Crippen LogP contribution < -0.4 is 5.32 Å². The molecule has 1 N–H and O–H groups in total. The van der Waals surface area contributed by atoms with Gasteiger partial charge in [-0.1, -0.05) is 40.9 Å². The van der Waals surface area contributed by atoms with Gasteiger partial charge >= 0.3 is 0 Å². The number of hydrogen-bond acceptors (Lipinski definition) is 2. The van der Waals surface area contributed by atoms with Gasteiger partial charge in [0.1, 0.15) is 5.65 Å². The van der Waals surface area contributed by atoms with Crippen LogP contribution in [0.25, 0.3) is 5.65 Å². The summed E-state index contributed by atoms with van der Waals surface area (Å²) in [5.41, 5.74) is 1.88. The van der Waals surface area contributed by atoms with E-state index in [9.17, 15) is 4.79 Å². The van der Waals surface area contributed by atoms with E-state index in [-0.39, 0.29) is 12.3 Å². The fourth-order valence-corrected chi connectivity index (χ4v) is 2.64. The quantitative estimate of drug-likeness (QED) is 0.705. The maximum Gasteiger partial charge on any atom is 0.230 e. The van der Waals surface area contributed by atoms with Gasteiger partial charge in [0.05, 0.1) is 32.9 Å². The van der Waals surface area contributed by atoms with Crippen LogP contribution in [0.5, 0.6) is 0 Å². The van der Waals surface area contributed by atoms with E-state index in [0.29, 0.717) is 26.4 Å². The normalized spacial score (nSPS) is 10.9. The first-order valence-corrected chi connectivity index (χ1v) is 7.53. The van der Waals surface area contributed by atoms with Crippen molar-refractivity contribution in [1.29, 1.82) is 0 Å². The number of rotatable bonds is 3. The number of imidazole rings is 1. The summed E-state index contributed by atoms with van der Waals surface area (Å²) in [6, 6.07) is 8.67. The van der Waals surface area contributed by atoms with Crippen LogP contribution in [-0.4, -0.2) is 15.3 Å². The van der Waals surface area contributed by atoms with Gasteiger partial charge in [-0.15, -0.1) is 0 Å². The second kappa shape index (κ2) is 6.16. The van der Waals surface area contributed by atoms with Crippen molar-refractivity contribution >= 4 is 52.0 Å². The van der Waals surface area contributed by atoms with Gasteiger partial charge in [0, 0.05) is 12.4 Å². The van der Waals surface area contributed by atoms with Crippen LogP contribution in [0.15, 0.2) is 42.7 Å². The van der Waals surface area contributed by atoms with E-state index in [2.05, 4.69) is 10.3 Å². The predicted octanol–water partition coefficient (Wildman–Crippen LogP) is 4.48. The fourth-order valence-electron chi connectivity index (χ4n) is 2.05. The molecule has 1 amide bonds. The average Bonchev–Trinajstić information content (AvgIpc) is 2.86. The highest BCUT2D eigenvalue weighted by atomic mass is 35.5. The summed E-state index contributed by atoms with van der Waals surface area (Å²) >= 11 is 17.8. The first-order valence-electron chi connectivity index (χ1n) is 6.40. The Morgan fingerprint density at radius 2 is 1.91 bits per heavy atom.